The van der Waals surface area contributed by atoms with Crippen molar-refractivity contribution < 1.29 is 18.0 Å². The summed E-state index contributed by atoms with van der Waals surface area (Å²) >= 11 is 4.89. The molecule has 0 saturated heterocycles. The number of carbonyl (C=O) groups is 1. The zero-order valence-corrected chi connectivity index (χ0v) is 14.6. The van der Waals surface area contributed by atoms with Crippen molar-refractivity contribution in [2.24, 2.45) is 0 Å². The number of hydrogen-bond acceptors (Lipinski definition) is 3. The number of benzene rings is 1. The Kier molecular flexibility index (Phi) is 5.83. The molecule has 2 rings (SSSR count). The molecular formula is C15H14BrF3N2OS. The Bertz CT molecular complexity index is 687. The molecule has 0 unspecified atom stereocenters. The molecule has 3 nitrogen and oxygen atoms in total. The first-order chi connectivity index (χ1) is 10.8. The van der Waals surface area contributed by atoms with Gasteiger partial charge < -0.3 is 5.32 Å². The van der Waals surface area contributed by atoms with Crippen LogP contribution in [0.25, 0.3) is 0 Å². The van der Waals surface area contributed by atoms with Gasteiger partial charge in [-0.25, -0.2) is 0 Å². The van der Waals surface area contributed by atoms with Gasteiger partial charge in [0.05, 0.1) is 21.6 Å². The van der Waals surface area contributed by atoms with Crippen LogP contribution in [-0.4, -0.2) is 24.4 Å². The molecule has 0 aliphatic carbocycles. The number of alkyl halides is 3. The van der Waals surface area contributed by atoms with Gasteiger partial charge in [0.2, 0.25) is 5.91 Å². The maximum Gasteiger partial charge on any atom is 0.418 e. The molecule has 23 heavy (non-hydrogen) atoms. The van der Waals surface area contributed by atoms with Crippen LogP contribution in [0, 0.1) is 0 Å². The number of nitrogens with zero attached hydrogens (tertiary/aromatic N) is 1. The van der Waals surface area contributed by atoms with E-state index in [1.807, 2.05) is 11.4 Å². The molecule has 2 aromatic rings. The second-order valence-electron chi connectivity index (χ2n) is 5.02. The highest BCUT2D eigenvalue weighted by atomic mass is 79.9. The summed E-state index contributed by atoms with van der Waals surface area (Å²) in [5, 5.41) is 4.29. The number of likely N-dealkylation sites (N-methyl/N-ethyl adjacent to an activating group) is 1. The number of halogens is 4. The molecule has 1 amide bonds. The number of carbonyl (C=O) groups excluding carboxylic acids is 1. The molecular weight excluding hydrogens is 393 g/mol. The molecule has 0 atom stereocenters. The van der Waals surface area contributed by atoms with Crippen LogP contribution in [0.4, 0.5) is 18.9 Å². The number of rotatable bonds is 5. The fourth-order valence-corrected chi connectivity index (χ4v) is 3.27. The number of para-hydroxylation sites is 1. The number of amides is 1. The first kappa shape index (κ1) is 18.0. The van der Waals surface area contributed by atoms with Gasteiger partial charge in [-0.2, -0.15) is 13.2 Å². The van der Waals surface area contributed by atoms with E-state index >= 15 is 0 Å². The molecule has 124 valence electrons. The maximum absolute atomic E-state index is 12.9. The Hall–Kier alpha value is -1.38. The first-order valence-electron chi connectivity index (χ1n) is 6.63. The molecule has 1 aromatic carbocycles. The minimum atomic E-state index is -4.50. The summed E-state index contributed by atoms with van der Waals surface area (Å²) < 4.78 is 39.6. The normalized spacial score (nSPS) is 11.7. The van der Waals surface area contributed by atoms with Crippen LogP contribution in [0.1, 0.15) is 11.1 Å². The summed E-state index contributed by atoms with van der Waals surface area (Å²) in [5.41, 5.74) is -0.0395. The van der Waals surface area contributed by atoms with Gasteiger partial charge in [-0.3, -0.25) is 9.69 Å². The van der Waals surface area contributed by atoms with E-state index in [2.05, 4.69) is 21.2 Å². The average Bonchev–Trinajstić information content (AvgIpc) is 2.83. The highest BCUT2D eigenvalue weighted by molar-refractivity contribution is 9.11. The third-order valence-corrected chi connectivity index (χ3v) is 4.55. The van der Waals surface area contributed by atoms with E-state index in [1.54, 1.807) is 11.9 Å². The monoisotopic (exact) mass is 406 g/mol. The molecule has 1 aromatic heterocycles. The Labute approximate surface area is 144 Å². The number of nitrogens with one attached hydrogen (secondary N) is 1. The average molecular weight is 407 g/mol. The van der Waals surface area contributed by atoms with E-state index in [0.717, 1.165) is 15.4 Å². The molecule has 0 bridgehead atoms. The second kappa shape index (κ2) is 7.46. The molecule has 1 N–H and O–H groups in total. The molecule has 0 aliphatic rings. The molecule has 0 saturated carbocycles. The largest absolute Gasteiger partial charge is 0.418 e. The Morgan fingerprint density at radius 3 is 2.65 bits per heavy atom. The fourth-order valence-electron chi connectivity index (χ4n) is 2.07. The number of thiophene rings is 1. The van der Waals surface area contributed by atoms with Crippen LogP contribution in [0.5, 0.6) is 0 Å². The van der Waals surface area contributed by atoms with Gasteiger partial charge >= 0.3 is 6.18 Å². The van der Waals surface area contributed by atoms with Gasteiger partial charge in [0.15, 0.2) is 0 Å². The van der Waals surface area contributed by atoms with Crippen molar-refractivity contribution >= 4 is 38.9 Å². The fraction of sp³-hybridized carbons (Fsp3) is 0.267. The lowest BCUT2D eigenvalue weighted by molar-refractivity contribution is -0.137. The van der Waals surface area contributed by atoms with Crippen LogP contribution in [0.3, 0.4) is 0 Å². The van der Waals surface area contributed by atoms with Crippen molar-refractivity contribution in [2.75, 3.05) is 18.9 Å². The van der Waals surface area contributed by atoms with E-state index < -0.39 is 17.6 Å². The van der Waals surface area contributed by atoms with Gasteiger partial charge in [-0.1, -0.05) is 12.1 Å². The topological polar surface area (TPSA) is 32.3 Å². The highest BCUT2D eigenvalue weighted by Gasteiger charge is 2.33. The van der Waals surface area contributed by atoms with Crippen LogP contribution in [-0.2, 0) is 17.5 Å². The van der Waals surface area contributed by atoms with Gasteiger partial charge in [-0.05, 0) is 52.1 Å². The second-order valence-corrected chi connectivity index (χ2v) is 7.31. The summed E-state index contributed by atoms with van der Waals surface area (Å²) in [6, 6.07) is 6.88. The summed E-state index contributed by atoms with van der Waals surface area (Å²) in [5.74, 6) is -0.488. The van der Waals surface area contributed by atoms with Gasteiger partial charge in [0, 0.05) is 6.54 Å². The Morgan fingerprint density at radius 1 is 1.35 bits per heavy atom. The SMILES string of the molecule is CN(CC(=O)Nc1ccccc1C(F)(F)F)Cc1csc(Br)c1. The maximum atomic E-state index is 12.9. The highest BCUT2D eigenvalue weighted by Crippen LogP contribution is 2.34. The van der Waals surface area contributed by atoms with E-state index in [4.69, 9.17) is 0 Å². The lowest BCUT2D eigenvalue weighted by Crippen LogP contribution is -2.30. The predicted octanol–water partition coefficient (Wildman–Crippen LogP) is 4.60. The van der Waals surface area contributed by atoms with Crippen LogP contribution in [0.2, 0.25) is 0 Å². The van der Waals surface area contributed by atoms with Crippen molar-refractivity contribution in [1.29, 1.82) is 0 Å². The smallest absolute Gasteiger partial charge is 0.324 e. The quantitative estimate of drug-likeness (QED) is 0.786. The molecule has 0 fully saturated rings. The van der Waals surface area contributed by atoms with E-state index in [0.29, 0.717) is 6.54 Å². The van der Waals surface area contributed by atoms with Crippen LogP contribution >= 0.6 is 27.3 Å². The zero-order valence-electron chi connectivity index (χ0n) is 12.2. The Balaban J connectivity index is 1.97. The van der Waals surface area contributed by atoms with E-state index in [1.165, 1.54) is 29.5 Å². The number of hydrogen-bond donors (Lipinski definition) is 1. The minimum absolute atomic E-state index is 0.000340. The van der Waals surface area contributed by atoms with Crippen LogP contribution < -0.4 is 5.32 Å². The summed E-state index contributed by atoms with van der Waals surface area (Å²) in [6.07, 6.45) is -4.50. The zero-order chi connectivity index (χ0) is 17.0. The summed E-state index contributed by atoms with van der Waals surface area (Å²) in [7, 11) is 1.74. The van der Waals surface area contributed by atoms with Gasteiger partial charge in [0.1, 0.15) is 0 Å². The summed E-state index contributed by atoms with van der Waals surface area (Å²) in [6.45, 7) is 0.538. The lowest BCUT2D eigenvalue weighted by atomic mass is 10.1. The molecule has 0 radical (unpaired) electrons. The van der Waals surface area contributed by atoms with Crippen molar-refractivity contribution in [3.05, 3.63) is 50.6 Å². The van der Waals surface area contributed by atoms with Crippen molar-refractivity contribution in [3.8, 4) is 0 Å². The van der Waals surface area contributed by atoms with E-state index in [-0.39, 0.29) is 12.2 Å². The first-order valence-corrected chi connectivity index (χ1v) is 8.30. The van der Waals surface area contributed by atoms with Gasteiger partial charge in [-0.15, -0.1) is 11.3 Å². The molecule has 1 heterocycles. The Morgan fingerprint density at radius 2 is 2.04 bits per heavy atom. The molecule has 8 heteroatoms. The number of anilines is 1. The third-order valence-electron chi connectivity index (χ3n) is 2.99. The van der Waals surface area contributed by atoms with E-state index in [9.17, 15) is 18.0 Å². The third kappa shape index (κ3) is 5.33. The summed E-state index contributed by atoms with van der Waals surface area (Å²) in [4.78, 5) is 13.7. The standard InChI is InChI=1S/C15H14BrF3N2OS/c1-21(7-10-6-13(16)23-9-10)8-14(22)20-12-5-3-2-4-11(12)15(17,18)19/h2-6,9H,7-8H2,1H3,(H,20,22). The van der Waals surface area contributed by atoms with Crippen LogP contribution in [0.15, 0.2) is 39.5 Å². The predicted molar refractivity (Wildman–Crippen MR) is 88.4 cm³/mol. The molecule has 0 spiro atoms. The van der Waals surface area contributed by atoms with Crippen molar-refractivity contribution in [2.45, 2.75) is 12.7 Å². The van der Waals surface area contributed by atoms with Crippen molar-refractivity contribution in [3.63, 3.8) is 0 Å². The molecule has 0 aliphatic heterocycles. The van der Waals surface area contributed by atoms with Gasteiger partial charge in [0.25, 0.3) is 0 Å². The lowest BCUT2D eigenvalue weighted by Gasteiger charge is -2.17. The van der Waals surface area contributed by atoms with Crippen molar-refractivity contribution in [1.82, 2.24) is 4.90 Å². The minimum Gasteiger partial charge on any atom is -0.324 e.